The molecule has 0 unspecified atom stereocenters. The molecule has 1 heterocycles. The summed E-state index contributed by atoms with van der Waals surface area (Å²) >= 11 is 0. The number of hydrogen-bond donors (Lipinski definition) is 1. The fourth-order valence-corrected chi connectivity index (χ4v) is 2.73. The van der Waals surface area contributed by atoms with E-state index in [9.17, 15) is 5.11 Å². The second-order valence-electron chi connectivity index (χ2n) is 5.37. The predicted octanol–water partition coefficient (Wildman–Crippen LogP) is 3.67. The van der Waals surface area contributed by atoms with Gasteiger partial charge in [-0.2, -0.15) is 5.10 Å². The number of rotatable bonds is 4. The van der Waals surface area contributed by atoms with Crippen molar-refractivity contribution >= 4 is 0 Å². The number of phenols is 1. The molecule has 0 radical (unpaired) electrons. The van der Waals surface area contributed by atoms with Crippen LogP contribution in [0.3, 0.4) is 0 Å². The average Bonchev–Trinajstić information content (AvgIpc) is 2.96. The van der Waals surface area contributed by atoms with Crippen molar-refractivity contribution in [3.05, 3.63) is 42.2 Å². The zero-order chi connectivity index (χ0) is 13.8. The third kappa shape index (κ3) is 2.95. The molecule has 0 atom stereocenters. The Morgan fingerprint density at radius 3 is 2.80 bits per heavy atom. The Morgan fingerprint density at radius 1 is 1.20 bits per heavy atom. The van der Waals surface area contributed by atoms with Crippen molar-refractivity contribution < 1.29 is 9.84 Å². The Kier molecular flexibility index (Phi) is 3.90. The molecule has 0 saturated heterocycles. The van der Waals surface area contributed by atoms with Gasteiger partial charge in [-0.25, -0.2) is 0 Å². The average molecular weight is 272 g/mol. The van der Waals surface area contributed by atoms with Crippen molar-refractivity contribution in [2.24, 2.45) is 0 Å². The number of para-hydroxylation sites is 1. The van der Waals surface area contributed by atoms with Crippen LogP contribution in [0, 0.1) is 0 Å². The summed E-state index contributed by atoms with van der Waals surface area (Å²) in [6.07, 6.45) is 10.1. The fourth-order valence-electron chi connectivity index (χ4n) is 2.73. The van der Waals surface area contributed by atoms with Crippen LogP contribution in [-0.2, 0) is 6.61 Å². The van der Waals surface area contributed by atoms with E-state index in [4.69, 9.17) is 4.74 Å². The number of benzene rings is 1. The first-order chi connectivity index (χ1) is 9.83. The third-order valence-electron chi connectivity index (χ3n) is 3.91. The monoisotopic (exact) mass is 272 g/mol. The molecule has 3 rings (SSSR count). The third-order valence-corrected chi connectivity index (χ3v) is 3.91. The van der Waals surface area contributed by atoms with Gasteiger partial charge in [0.15, 0.2) is 5.75 Å². The highest BCUT2D eigenvalue weighted by molar-refractivity contribution is 5.31. The quantitative estimate of drug-likeness (QED) is 0.923. The van der Waals surface area contributed by atoms with E-state index in [2.05, 4.69) is 5.10 Å². The summed E-state index contributed by atoms with van der Waals surface area (Å²) in [6, 6.07) is 7.75. The molecule has 0 bridgehead atoms. The molecular weight excluding hydrogens is 252 g/mol. The number of aromatic hydroxyl groups is 1. The van der Waals surface area contributed by atoms with Crippen molar-refractivity contribution in [2.45, 2.75) is 44.8 Å². The van der Waals surface area contributed by atoms with E-state index in [1.54, 1.807) is 18.3 Å². The van der Waals surface area contributed by atoms with Crippen LogP contribution in [-0.4, -0.2) is 14.9 Å². The maximum absolute atomic E-state index is 9.70. The molecule has 0 spiro atoms. The molecule has 1 fully saturated rings. The molecule has 2 aromatic rings. The minimum Gasteiger partial charge on any atom is -0.508 e. The lowest BCUT2D eigenvalue weighted by atomic mass is 9.96. The van der Waals surface area contributed by atoms with Crippen molar-refractivity contribution in [3.63, 3.8) is 0 Å². The number of hydrogen-bond acceptors (Lipinski definition) is 3. The van der Waals surface area contributed by atoms with Crippen molar-refractivity contribution in [1.29, 1.82) is 0 Å². The van der Waals surface area contributed by atoms with E-state index >= 15 is 0 Å². The van der Waals surface area contributed by atoms with Crippen molar-refractivity contribution in [3.8, 4) is 11.5 Å². The minimum absolute atomic E-state index is 0.271. The molecule has 1 saturated carbocycles. The molecule has 0 amide bonds. The van der Waals surface area contributed by atoms with Crippen LogP contribution in [0.5, 0.6) is 11.5 Å². The molecule has 4 heteroatoms. The summed E-state index contributed by atoms with van der Waals surface area (Å²) in [7, 11) is 0. The molecule has 1 aromatic carbocycles. The van der Waals surface area contributed by atoms with Crippen molar-refractivity contribution in [1.82, 2.24) is 9.78 Å². The molecule has 1 N–H and O–H groups in total. The van der Waals surface area contributed by atoms with Gasteiger partial charge in [-0.15, -0.1) is 0 Å². The van der Waals surface area contributed by atoms with E-state index in [0.29, 0.717) is 12.6 Å². The van der Waals surface area contributed by atoms with E-state index in [1.807, 2.05) is 23.0 Å². The Balaban J connectivity index is 1.61. The van der Waals surface area contributed by atoms with Crippen LogP contribution in [0.1, 0.15) is 43.7 Å². The van der Waals surface area contributed by atoms with E-state index in [0.717, 1.165) is 11.3 Å². The summed E-state index contributed by atoms with van der Waals surface area (Å²) in [5.74, 6) is 1.03. The lowest BCUT2D eigenvalue weighted by Gasteiger charge is -2.21. The number of phenolic OH excluding ortho intramolecular Hbond substituents is 1. The Hall–Kier alpha value is -1.97. The summed E-state index contributed by atoms with van der Waals surface area (Å²) in [6.45, 7) is 0.364. The predicted molar refractivity (Wildman–Crippen MR) is 76.8 cm³/mol. The molecule has 106 valence electrons. The lowest BCUT2D eigenvalue weighted by molar-refractivity contribution is 0.295. The fraction of sp³-hybridized carbons (Fsp3) is 0.438. The van der Waals surface area contributed by atoms with Gasteiger partial charge in [0.1, 0.15) is 12.4 Å². The summed E-state index contributed by atoms with van der Waals surface area (Å²) in [4.78, 5) is 0. The zero-order valence-corrected chi connectivity index (χ0v) is 11.5. The first kappa shape index (κ1) is 13.0. The summed E-state index contributed by atoms with van der Waals surface area (Å²) in [5, 5.41) is 14.1. The van der Waals surface area contributed by atoms with Crippen LogP contribution < -0.4 is 4.74 Å². The minimum atomic E-state index is 0.271. The summed E-state index contributed by atoms with van der Waals surface area (Å²) in [5.41, 5.74) is 0.790. The smallest absolute Gasteiger partial charge is 0.157 e. The highest BCUT2D eigenvalue weighted by atomic mass is 16.5. The molecule has 1 aromatic heterocycles. The van der Waals surface area contributed by atoms with Gasteiger partial charge in [0.05, 0.1) is 18.4 Å². The number of ether oxygens (including phenoxy) is 1. The molecule has 1 aliphatic rings. The van der Waals surface area contributed by atoms with E-state index in [1.165, 1.54) is 32.1 Å². The first-order valence-corrected chi connectivity index (χ1v) is 7.27. The molecular formula is C16H20N2O2. The van der Waals surface area contributed by atoms with Gasteiger partial charge in [-0.05, 0) is 18.9 Å². The van der Waals surface area contributed by atoms with Gasteiger partial charge in [0, 0.05) is 5.56 Å². The van der Waals surface area contributed by atoms with Gasteiger partial charge >= 0.3 is 0 Å². The highest BCUT2D eigenvalue weighted by Gasteiger charge is 2.16. The first-order valence-electron chi connectivity index (χ1n) is 7.27. The van der Waals surface area contributed by atoms with Crippen LogP contribution in [0.4, 0.5) is 0 Å². The topological polar surface area (TPSA) is 47.3 Å². The van der Waals surface area contributed by atoms with Crippen LogP contribution in [0.15, 0.2) is 36.7 Å². The standard InChI is InChI=1S/C16H20N2O2/c19-16-9-5-4-6-13(16)12-20-15-10-17-18(11-15)14-7-2-1-3-8-14/h4-6,9-11,14,19H,1-3,7-8,12H2. The number of nitrogens with zero attached hydrogens (tertiary/aromatic N) is 2. The van der Waals surface area contributed by atoms with E-state index in [-0.39, 0.29) is 5.75 Å². The Bertz CT molecular complexity index is 559. The van der Waals surface area contributed by atoms with Gasteiger partial charge < -0.3 is 9.84 Å². The maximum atomic E-state index is 9.70. The molecule has 0 aliphatic heterocycles. The Labute approximate surface area is 119 Å². The highest BCUT2D eigenvalue weighted by Crippen LogP contribution is 2.28. The van der Waals surface area contributed by atoms with Crippen LogP contribution in [0.25, 0.3) is 0 Å². The van der Waals surface area contributed by atoms with Gasteiger partial charge in [0.25, 0.3) is 0 Å². The maximum Gasteiger partial charge on any atom is 0.157 e. The molecule has 1 aliphatic carbocycles. The number of aromatic nitrogens is 2. The zero-order valence-electron chi connectivity index (χ0n) is 11.5. The van der Waals surface area contributed by atoms with Crippen LogP contribution >= 0.6 is 0 Å². The van der Waals surface area contributed by atoms with E-state index < -0.39 is 0 Å². The van der Waals surface area contributed by atoms with Gasteiger partial charge in [-0.1, -0.05) is 37.5 Å². The second kappa shape index (κ2) is 5.99. The summed E-state index contributed by atoms with van der Waals surface area (Å²) < 4.78 is 7.73. The molecule has 20 heavy (non-hydrogen) atoms. The largest absolute Gasteiger partial charge is 0.508 e. The SMILES string of the molecule is Oc1ccccc1COc1cnn(C2CCCCC2)c1. The normalized spacial score (nSPS) is 16.2. The van der Waals surface area contributed by atoms with Gasteiger partial charge in [-0.3, -0.25) is 4.68 Å². The Morgan fingerprint density at radius 2 is 2.00 bits per heavy atom. The second-order valence-corrected chi connectivity index (χ2v) is 5.37. The molecule has 4 nitrogen and oxygen atoms in total. The van der Waals surface area contributed by atoms with Crippen LogP contribution in [0.2, 0.25) is 0 Å². The lowest BCUT2D eigenvalue weighted by Crippen LogP contribution is -2.12. The van der Waals surface area contributed by atoms with Crippen molar-refractivity contribution in [2.75, 3.05) is 0 Å². The van der Waals surface area contributed by atoms with Gasteiger partial charge in [0.2, 0.25) is 0 Å².